The lowest BCUT2D eigenvalue weighted by molar-refractivity contribution is -0.192. The Morgan fingerprint density at radius 1 is 1.19 bits per heavy atom. The molecule has 2 aliphatic carbocycles. The quantitative estimate of drug-likeness (QED) is 0.558. The molecule has 4 aliphatic rings. The topological polar surface area (TPSA) is 61.8 Å². The Morgan fingerprint density at radius 2 is 2.00 bits per heavy atom. The Morgan fingerprint density at radius 3 is 2.73 bits per heavy atom. The summed E-state index contributed by atoms with van der Waals surface area (Å²) >= 11 is 0. The fourth-order valence-corrected chi connectivity index (χ4v) is 6.15. The minimum atomic E-state index is -0.528. The number of carbonyl (C=O) groups excluding carboxylic acids is 2. The van der Waals surface area contributed by atoms with Crippen LogP contribution in [0.15, 0.2) is 23.8 Å². The summed E-state index contributed by atoms with van der Waals surface area (Å²) in [5.74, 6) is 0.615. The van der Waals surface area contributed by atoms with Gasteiger partial charge in [0, 0.05) is 11.0 Å². The predicted molar refractivity (Wildman–Crippen MR) is 95.3 cm³/mol. The van der Waals surface area contributed by atoms with Crippen LogP contribution in [0.1, 0.15) is 52.4 Å². The van der Waals surface area contributed by atoms with Crippen LogP contribution in [0, 0.1) is 22.7 Å². The average Bonchev–Trinajstić information content (AvgIpc) is 3.00. The average molecular weight is 360 g/mol. The Bertz CT molecular complexity index is 680. The van der Waals surface area contributed by atoms with Crippen LogP contribution in [0.5, 0.6) is 0 Å². The third-order valence-electron chi connectivity index (χ3n) is 7.56. The Balaban J connectivity index is 1.57. The van der Waals surface area contributed by atoms with Crippen LogP contribution in [-0.4, -0.2) is 31.4 Å². The number of allylic oxidation sites excluding steroid dienone is 1. The third-order valence-corrected chi connectivity index (χ3v) is 7.56. The molecule has 1 saturated heterocycles. The smallest absolute Gasteiger partial charge is 0.458 e. The highest BCUT2D eigenvalue weighted by Gasteiger charge is 2.60. The summed E-state index contributed by atoms with van der Waals surface area (Å²) < 4.78 is 15.9. The van der Waals surface area contributed by atoms with E-state index < -0.39 is 6.16 Å². The van der Waals surface area contributed by atoms with Crippen LogP contribution in [0.4, 0.5) is 4.79 Å². The van der Waals surface area contributed by atoms with E-state index in [1.165, 1.54) is 5.57 Å². The van der Waals surface area contributed by atoms with Gasteiger partial charge in [-0.2, -0.15) is 0 Å². The monoisotopic (exact) mass is 360 g/mol. The van der Waals surface area contributed by atoms with Crippen molar-refractivity contribution in [2.75, 3.05) is 13.2 Å². The number of fused-ring (bicyclic) bond motifs is 3. The molecule has 0 aromatic heterocycles. The van der Waals surface area contributed by atoms with Crippen molar-refractivity contribution >= 4 is 12.1 Å². The highest BCUT2D eigenvalue weighted by Crippen LogP contribution is 2.63. The second-order valence-electron chi connectivity index (χ2n) is 8.86. The van der Waals surface area contributed by atoms with Gasteiger partial charge in [-0.25, -0.2) is 9.59 Å². The van der Waals surface area contributed by atoms with Gasteiger partial charge in [0.2, 0.25) is 0 Å². The Kier molecular flexibility index (Phi) is 4.16. The summed E-state index contributed by atoms with van der Waals surface area (Å²) in [5.41, 5.74) is 2.05. The summed E-state index contributed by atoms with van der Waals surface area (Å²) in [6, 6.07) is 0. The van der Waals surface area contributed by atoms with Crippen LogP contribution >= 0.6 is 0 Å². The number of ether oxygens (including phenoxy) is 3. The van der Waals surface area contributed by atoms with Gasteiger partial charge in [0.05, 0.1) is 0 Å². The molecule has 0 spiro atoms. The van der Waals surface area contributed by atoms with Crippen LogP contribution in [0.3, 0.4) is 0 Å². The zero-order valence-corrected chi connectivity index (χ0v) is 15.7. The van der Waals surface area contributed by atoms with Crippen molar-refractivity contribution in [1.82, 2.24) is 0 Å². The van der Waals surface area contributed by atoms with E-state index in [9.17, 15) is 9.59 Å². The summed E-state index contributed by atoms with van der Waals surface area (Å²) in [5, 5.41) is 0. The third kappa shape index (κ3) is 2.58. The summed E-state index contributed by atoms with van der Waals surface area (Å²) in [7, 11) is 0. The molecule has 5 heteroatoms. The highest BCUT2D eigenvalue weighted by molar-refractivity contribution is 5.90. The van der Waals surface area contributed by atoms with Crippen LogP contribution in [0.25, 0.3) is 0 Å². The Labute approximate surface area is 154 Å². The molecule has 0 amide bonds. The lowest BCUT2D eigenvalue weighted by atomic mass is 9.46. The van der Waals surface area contributed by atoms with Crippen LogP contribution in [-0.2, 0) is 19.0 Å². The summed E-state index contributed by atoms with van der Waals surface area (Å²) in [4.78, 5) is 23.4. The number of esters is 1. The molecule has 0 aromatic rings. The van der Waals surface area contributed by atoms with Crippen molar-refractivity contribution in [2.45, 2.75) is 58.5 Å². The van der Waals surface area contributed by atoms with Crippen molar-refractivity contribution in [3.05, 3.63) is 23.8 Å². The fourth-order valence-electron chi connectivity index (χ4n) is 6.15. The van der Waals surface area contributed by atoms with E-state index in [1.54, 1.807) is 0 Å². The maximum atomic E-state index is 11.8. The Hall–Kier alpha value is -1.78. The first-order chi connectivity index (χ1) is 12.3. The number of rotatable bonds is 3. The van der Waals surface area contributed by atoms with Gasteiger partial charge >= 0.3 is 12.1 Å². The molecule has 4 rings (SSSR count). The molecule has 26 heavy (non-hydrogen) atoms. The molecule has 3 fully saturated rings. The van der Waals surface area contributed by atoms with E-state index >= 15 is 0 Å². The van der Waals surface area contributed by atoms with Crippen molar-refractivity contribution in [3.63, 3.8) is 0 Å². The largest absolute Gasteiger partial charge is 0.508 e. The first-order valence-electron chi connectivity index (χ1n) is 9.72. The molecule has 0 aromatic carbocycles. The lowest BCUT2D eigenvalue weighted by Gasteiger charge is -2.61. The molecule has 1 unspecified atom stereocenters. The molecule has 0 radical (unpaired) electrons. The van der Waals surface area contributed by atoms with E-state index in [0.29, 0.717) is 25.0 Å². The van der Waals surface area contributed by atoms with E-state index in [2.05, 4.69) is 20.4 Å². The number of hydrogen-bond acceptors (Lipinski definition) is 5. The van der Waals surface area contributed by atoms with Gasteiger partial charge in [0.15, 0.2) is 0 Å². The predicted octanol–water partition coefficient (Wildman–Crippen LogP) is 4.17. The number of carbonyl (C=O) groups is 2. The zero-order valence-electron chi connectivity index (χ0n) is 15.7. The van der Waals surface area contributed by atoms with Gasteiger partial charge in [0.1, 0.15) is 19.3 Å². The first-order valence-corrected chi connectivity index (χ1v) is 9.72. The molecular formula is C21H28O5. The minimum absolute atomic E-state index is 0.0543. The van der Waals surface area contributed by atoms with E-state index in [0.717, 1.165) is 44.1 Å². The highest BCUT2D eigenvalue weighted by atomic mass is 16.7. The van der Waals surface area contributed by atoms with Gasteiger partial charge in [0.25, 0.3) is 0 Å². The molecule has 0 N–H and O–H groups in total. The molecule has 0 bridgehead atoms. The zero-order chi connectivity index (χ0) is 18.5. The molecule has 5 atom stereocenters. The maximum absolute atomic E-state index is 11.8. The van der Waals surface area contributed by atoms with Gasteiger partial charge in [-0.1, -0.05) is 26.0 Å². The van der Waals surface area contributed by atoms with Gasteiger partial charge in [-0.15, -0.1) is 0 Å². The summed E-state index contributed by atoms with van der Waals surface area (Å²) in [6.07, 6.45) is 6.92. The first kappa shape index (κ1) is 17.6. The van der Waals surface area contributed by atoms with Crippen molar-refractivity contribution in [2.24, 2.45) is 22.7 Å². The number of hydrogen-bond donors (Lipinski definition) is 0. The van der Waals surface area contributed by atoms with Crippen molar-refractivity contribution in [3.8, 4) is 0 Å². The maximum Gasteiger partial charge on any atom is 0.508 e. The normalized spacial score (nSPS) is 42.2. The molecule has 142 valence electrons. The molecule has 2 saturated carbocycles. The van der Waals surface area contributed by atoms with Crippen molar-refractivity contribution in [1.29, 1.82) is 0 Å². The molecule has 2 aliphatic heterocycles. The van der Waals surface area contributed by atoms with Gasteiger partial charge < -0.3 is 14.2 Å². The number of cyclic esters (lactones) is 2. The van der Waals surface area contributed by atoms with E-state index in [4.69, 9.17) is 14.2 Å². The molecule has 5 nitrogen and oxygen atoms in total. The van der Waals surface area contributed by atoms with Gasteiger partial charge in [-0.3, -0.25) is 0 Å². The standard InChI is InChI=1S/C21H28O5/c1-13-4-7-16-20(2,15(13)6-5-14-9-11-24-18(14)22)10-8-17-21(16,3)12-25-19(23)26-17/h9,15-17H,1,4-8,10-12H2,2-3H3/t15-,16?,17-,20-,21+/m1/s1. The SMILES string of the molecule is C=C1CCC2[C@](C)(CC[C@H]3OC(=O)OC[C@@]23C)[C@@H]1CCC1=CCOC1=O. The summed E-state index contributed by atoms with van der Waals surface area (Å²) in [6.45, 7) is 9.81. The van der Waals surface area contributed by atoms with E-state index in [1.807, 2.05) is 6.08 Å². The van der Waals surface area contributed by atoms with Crippen LogP contribution < -0.4 is 0 Å². The van der Waals surface area contributed by atoms with Gasteiger partial charge in [-0.05, 0) is 61.9 Å². The lowest BCUT2D eigenvalue weighted by Crippen LogP contribution is -2.60. The van der Waals surface area contributed by atoms with Crippen LogP contribution in [0.2, 0.25) is 0 Å². The molecular weight excluding hydrogens is 332 g/mol. The molecule has 2 heterocycles. The second kappa shape index (κ2) is 6.14. The van der Waals surface area contributed by atoms with E-state index in [-0.39, 0.29) is 22.9 Å². The van der Waals surface area contributed by atoms with Crippen molar-refractivity contribution < 1.29 is 23.8 Å². The second-order valence-corrected chi connectivity index (χ2v) is 8.86. The fraction of sp³-hybridized carbons (Fsp3) is 0.714. The minimum Gasteiger partial charge on any atom is -0.458 e.